The van der Waals surface area contributed by atoms with E-state index < -0.39 is 21.4 Å². The summed E-state index contributed by atoms with van der Waals surface area (Å²) in [5, 5.41) is 9.92. The van der Waals surface area contributed by atoms with E-state index in [0.29, 0.717) is 11.9 Å². The van der Waals surface area contributed by atoms with Crippen molar-refractivity contribution in [2.24, 2.45) is 7.05 Å². The van der Waals surface area contributed by atoms with E-state index in [1.54, 1.807) is 20.0 Å². The van der Waals surface area contributed by atoms with Crippen molar-refractivity contribution in [3.63, 3.8) is 0 Å². The number of benzene rings is 1. The Balaban J connectivity index is 2.05. The van der Waals surface area contributed by atoms with Crippen LogP contribution in [0.5, 0.6) is 0 Å². The molecule has 0 amide bonds. The Morgan fingerprint density at radius 3 is 2.71 bits per heavy atom. The summed E-state index contributed by atoms with van der Waals surface area (Å²) in [7, 11) is -2.15. The summed E-state index contributed by atoms with van der Waals surface area (Å²) in [4.78, 5) is 11.5. The van der Waals surface area contributed by atoms with Crippen molar-refractivity contribution in [1.82, 2.24) is 8.87 Å². The van der Waals surface area contributed by atoms with Crippen LogP contribution in [0.3, 0.4) is 0 Å². The highest BCUT2D eigenvalue weighted by atomic mass is 32.2. The third kappa shape index (κ3) is 2.29. The smallest absolute Gasteiger partial charge is 0.408 e. The first kappa shape index (κ1) is 14.3. The molecule has 0 bridgehead atoms. The van der Waals surface area contributed by atoms with Gasteiger partial charge < -0.3 is 9.52 Å². The maximum absolute atomic E-state index is 12.5. The van der Waals surface area contributed by atoms with E-state index in [1.807, 2.05) is 0 Å². The molecule has 3 rings (SSSR count). The van der Waals surface area contributed by atoms with Gasteiger partial charge in [-0.25, -0.2) is 13.2 Å². The molecule has 0 saturated carbocycles. The summed E-state index contributed by atoms with van der Waals surface area (Å²) in [5.74, 6) is -0.538. The van der Waals surface area contributed by atoms with Crippen molar-refractivity contribution < 1.29 is 17.9 Å². The minimum atomic E-state index is -3.70. The fourth-order valence-electron chi connectivity index (χ4n) is 2.53. The zero-order valence-electron chi connectivity index (χ0n) is 11.7. The molecule has 8 heteroatoms. The number of hydrogen-bond acceptors (Lipinski definition) is 5. The van der Waals surface area contributed by atoms with Gasteiger partial charge in [0.05, 0.1) is 16.0 Å². The average Bonchev–Trinajstić information content (AvgIpc) is 2.91. The van der Waals surface area contributed by atoms with E-state index in [-0.39, 0.29) is 23.6 Å². The number of β-amino-alcohol motifs (C(OH)–C–C–N with tert-alkyl or cyclic N) is 1. The molecule has 1 aromatic heterocycles. The molecule has 2 heterocycles. The Kier molecular flexibility index (Phi) is 3.01. The van der Waals surface area contributed by atoms with Gasteiger partial charge in [0.25, 0.3) is 0 Å². The van der Waals surface area contributed by atoms with Gasteiger partial charge in [0, 0.05) is 26.2 Å². The largest absolute Gasteiger partial charge is 0.419 e. The highest BCUT2D eigenvalue weighted by molar-refractivity contribution is 7.89. The molecule has 7 nitrogen and oxygen atoms in total. The average molecular weight is 312 g/mol. The molecular weight excluding hydrogens is 296 g/mol. The second-order valence-electron chi connectivity index (χ2n) is 5.64. The van der Waals surface area contributed by atoms with Gasteiger partial charge in [-0.2, -0.15) is 4.31 Å². The lowest BCUT2D eigenvalue weighted by atomic mass is 10.1. The van der Waals surface area contributed by atoms with Crippen molar-refractivity contribution in [3.8, 4) is 0 Å². The molecule has 1 atom stereocenters. The highest BCUT2D eigenvalue weighted by Crippen LogP contribution is 2.28. The molecule has 1 aromatic carbocycles. The third-order valence-electron chi connectivity index (χ3n) is 3.82. The normalized spacial score (nSPS) is 24.0. The molecule has 1 unspecified atom stereocenters. The first-order valence-electron chi connectivity index (χ1n) is 6.53. The Labute approximate surface area is 121 Å². The fourth-order valence-corrected chi connectivity index (χ4v) is 4.11. The van der Waals surface area contributed by atoms with Crippen LogP contribution in [0, 0.1) is 0 Å². The maximum Gasteiger partial charge on any atom is 0.419 e. The molecule has 21 heavy (non-hydrogen) atoms. The highest BCUT2D eigenvalue weighted by Gasteiger charge is 2.38. The molecular formula is C13H16N2O5S. The van der Waals surface area contributed by atoms with Crippen LogP contribution in [-0.2, 0) is 17.1 Å². The number of oxazole rings is 1. The molecule has 1 fully saturated rings. The van der Waals surface area contributed by atoms with Crippen molar-refractivity contribution in [2.45, 2.75) is 23.8 Å². The second-order valence-corrected chi connectivity index (χ2v) is 7.58. The van der Waals surface area contributed by atoms with Crippen molar-refractivity contribution in [2.75, 3.05) is 13.1 Å². The summed E-state index contributed by atoms with van der Waals surface area (Å²) >= 11 is 0. The summed E-state index contributed by atoms with van der Waals surface area (Å²) in [6.45, 7) is 1.94. The number of aryl methyl sites for hydroxylation is 1. The number of sulfonamides is 1. The first-order valence-corrected chi connectivity index (χ1v) is 7.97. The van der Waals surface area contributed by atoms with Gasteiger partial charge in [0.2, 0.25) is 10.0 Å². The second kappa shape index (κ2) is 4.43. The Morgan fingerprint density at radius 1 is 1.38 bits per heavy atom. The van der Waals surface area contributed by atoms with E-state index >= 15 is 0 Å². The molecule has 1 N–H and O–H groups in total. The SMILES string of the molecule is Cn1c(=O)oc2cc(S(=O)(=O)N3CCC(C)(O)C3)ccc21. The molecule has 0 radical (unpaired) electrons. The summed E-state index contributed by atoms with van der Waals surface area (Å²) in [5.41, 5.74) is -0.238. The zero-order chi connectivity index (χ0) is 15.4. The molecule has 2 aromatic rings. The van der Waals surface area contributed by atoms with Crippen LogP contribution < -0.4 is 5.76 Å². The lowest BCUT2D eigenvalue weighted by Crippen LogP contribution is -2.33. The van der Waals surface area contributed by atoms with Gasteiger partial charge in [-0.05, 0) is 25.5 Å². The minimum absolute atomic E-state index is 0.0575. The van der Waals surface area contributed by atoms with Crippen LogP contribution in [0.1, 0.15) is 13.3 Å². The minimum Gasteiger partial charge on any atom is -0.408 e. The lowest BCUT2D eigenvalue weighted by Gasteiger charge is -2.18. The van der Waals surface area contributed by atoms with Crippen molar-refractivity contribution in [1.29, 1.82) is 0 Å². The fraction of sp³-hybridized carbons (Fsp3) is 0.462. The van der Waals surface area contributed by atoms with Gasteiger partial charge in [0.15, 0.2) is 5.58 Å². The van der Waals surface area contributed by atoms with Gasteiger partial charge in [-0.1, -0.05) is 0 Å². The van der Waals surface area contributed by atoms with E-state index in [0.717, 1.165) is 0 Å². The molecule has 1 aliphatic heterocycles. The Bertz CT molecular complexity index is 862. The number of hydrogen-bond donors (Lipinski definition) is 1. The number of nitrogens with zero attached hydrogens (tertiary/aromatic N) is 2. The van der Waals surface area contributed by atoms with Gasteiger partial charge >= 0.3 is 5.76 Å². The van der Waals surface area contributed by atoms with Crippen LogP contribution in [0.4, 0.5) is 0 Å². The number of rotatable bonds is 2. The maximum atomic E-state index is 12.5. The van der Waals surface area contributed by atoms with E-state index in [4.69, 9.17) is 4.42 Å². The summed E-state index contributed by atoms with van der Waals surface area (Å²) in [6.07, 6.45) is 0.398. The number of aromatic nitrogens is 1. The number of fused-ring (bicyclic) bond motifs is 1. The predicted octanol–water partition coefficient (Wildman–Crippen LogP) is 0.277. The van der Waals surface area contributed by atoms with Crippen LogP contribution in [-0.4, -0.2) is 41.1 Å². The first-order chi connectivity index (χ1) is 9.71. The molecule has 0 spiro atoms. The Hall–Kier alpha value is -1.64. The zero-order valence-corrected chi connectivity index (χ0v) is 12.6. The van der Waals surface area contributed by atoms with E-state index in [2.05, 4.69) is 0 Å². The van der Waals surface area contributed by atoms with E-state index in [1.165, 1.54) is 21.0 Å². The topological polar surface area (TPSA) is 92.8 Å². The van der Waals surface area contributed by atoms with Crippen LogP contribution in [0.2, 0.25) is 0 Å². The number of aliphatic hydroxyl groups is 1. The molecule has 114 valence electrons. The molecule has 0 aliphatic carbocycles. The monoisotopic (exact) mass is 312 g/mol. The summed E-state index contributed by atoms with van der Waals surface area (Å²) in [6, 6.07) is 4.33. The quantitative estimate of drug-likeness (QED) is 0.859. The van der Waals surface area contributed by atoms with Crippen molar-refractivity contribution in [3.05, 3.63) is 28.7 Å². The van der Waals surface area contributed by atoms with Crippen LogP contribution in [0.15, 0.2) is 32.3 Å². The summed E-state index contributed by atoms with van der Waals surface area (Å²) < 4.78 is 32.7. The molecule has 1 saturated heterocycles. The molecule has 1 aliphatic rings. The van der Waals surface area contributed by atoms with Crippen molar-refractivity contribution >= 4 is 21.1 Å². The van der Waals surface area contributed by atoms with Crippen LogP contribution >= 0.6 is 0 Å². The standard InChI is InChI=1S/C13H16N2O5S/c1-13(17)5-6-15(8-13)21(18,19)9-3-4-10-11(7-9)20-12(16)14(10)2/h3-4,7,17H,5-6,8H2,1-2H3. The van der Waals surface area contributed by atoms with Gasteiger partial charge in [-0.15, -0.1) is 0 Å². The van der Waals surface area contributed by atoms with E-state index in [9.17, 15) is 18.3 Å². The van der Waals surface area contributed by atoms with Crippen LogP contribution in [0.25, 0.3) is 11.1 Å². The third-order valence-corrected chi connectivity index (χ3v) is 5.66. The van der Waals surface area contributed by atoms with Gasteiger partial charge in [0.1, 0.15) is 0 Å². The lowest BCUT2D eigenvalue weighted by molar-refractivity contribution is 0.0762. The predicted molar refractivity (Wildman–Crippen MR) is 75.5 cm³/mol. The van der Waals surface area contributed by atoms with Gasteiger partial charge in [-0.3, -0.25) is 4.57 Å². The Morgan fingerprint density at radius 2 is 2.10 bits per heavy atom.